The van der Waals surface area contributed by atoms with Gasteiger partial charge < -0.3 is 9.88 Å². The van der Waals surface area contributed by atoms with Crippen molar-refractivity contribution in [2.24, 2.45) is 7.05 Å². The second-order valence-electron chi connectivity index (χ2n) is 4.20. The molecular weight excluding hydrogens is 176 g/mol. The Kier molecular flexibility index (Phi) is 2.54. The number of aryl methyl sites for hydroxylation is 1. The van der Waals surface area contributed by atoms with Crippen LogP contribution in [-0.4, -0.2) is 20.3 Å². The molecule has 0 saturated heterocycles. The number of nitrogens with zero attached hydrogens (tertiary/aromatic N) is 3. The van der Waals surface area contributed by atoms with Gasteiger partial charge in [0, 0.05) is 12.6 Å². The van der Waals surface area contributed by atoms with Crippen LogP contribution in [-0.2, 0) is 13.6 Å². The lowest BCUT2D eigenvalue weighted by atomic mass is 9.75. The molecule has 4 heteroatoms. The van der Waals surface area contributed by atoms with Crippen LogP contribution in [0.25, 0.3) is 0 Å². The van der Waals surface area contributed by atoms with Gasteiger partial charge in [-0.2, -0.15) is 0 Å². The van der Waals surface area contributed by atoms with Crippen molar-refractivity contribution in [3.05, 3.63) is 12.2 Å². The maximum Gasteiger partial charge on any atom is 0.146 e. The van der Waals surface area contributed by atoms with Crippen molar-refractivity contribution in [2.45, 2.75) is 44.7 Å². The van der Waals surface area contributed by atoms with Crippen molar-refractivity contribution >= 4 is 0 Å². The smallest absolute Gasteiger partial charge is 0.146 e. The molecule has 78 valence electrons. The molecule has 1 saturated carbocycles. The number of rotatable bonds is 4. The number of hydrogen-bond acceptors (Lipinski definition) is 3. The Hall–Kier alpha value is -0.900. The van der Waals surface area contributed by atoms with E-state index in [1.807, 2.05) is 11.6 Å². The van der Waals surface area contributed by atoms with Gasteiger partial charge in [-0.25, -0.2) is 0 Å². The molecule has 1 aromatic heterocycles. The van der Waals surface area contributed by atoms with Gasteiger partial charge in [0.05, 0.1) is 6.54 Å². The van der Waals surface area contributed by atoms with Crippen molar-refractivity contribution in [3.8, 4) is 0 Å². The predicted octanol–water partition coefficient (Wildman–Crippen LogP) is 1.24. The van der Waals surface area contributed by atoms with Crippen LogP contribution in [0.2, 0.25) is 0 Å². The van der Waals surface area contributed by atoms with E-state index in [-0.39, 0.29) is 0 Å². The van der Waals surface area contributed by atoms with Gasteiger partial charge in [-0.15, -0.1) is 10.2 Å². The lowest BCUT2D eigenvalue weighted by Gasteiger charge is -2.42. The summed E-state index contributed by atoms with van der Waals surface area (Å²) in [5, 5.41) is 11.5. The first-order chi connectivity index (χ1) is 6.76. The minimum atomic E-state index is 0.395. The van der Waals surface area contributed by atoms with E-state index in [4.69, 9.17) is 0 Å². The third-order valence-corrected chi connectivity index (χ3v) is 3.41. The maximum absolute atomic E-state index is 4.06. The number of hydrogen-bond donors (Lipinski definition) is 1. The summed E-state index contributed by atoms with van der Waals surface area (Å²) in [6, 6.07) is 0. The van der Waals surface area contributed by atoms with Gasteiger partial charge in [0.25, 0.3) is 0 Å². The molecule has 14 heavy (non-hydrogen) atoms. The summed E-state index contributed by atoms with van der Waals surface area (Å²) in [5.41, 5.74) is 0.395. The summed E-state index contributed by atoms with van der Waals surface area (Å²) in [6.45, 7) is 3.09. The van der Waals surface area contributed by atoms with Crippen LogP contribution >= 0.6 is 0 Å². The van der Waals surface area contributed by atoms with Gasteiger partial charge in [0.2, 0.25) is 0 Å². The van der Waals surface area contributed by atoms with Crippen LogP contribution in [0.4, 0.5) is 0 Å². The maximum atomic E-state index is 4.06. The summed E-state index contributed by atoms with van der Waals surface area (Å²) in [6.07, 6.45) is 6.93. The Morgan fingerprint density at radius 3 is 2.79 bits per heavy atom. The molecule has 0 aromatic carbocycles. The van der Waals surface area contributed by atoms with Crippen LogP contribution in [0.1, 0.15) is 38.4 Å². The Morgan fingerprint density at radius 2 is 2.36 bits per heavy atom. The summed E-state index contributed by atoms with van der Waals surface area (Å²) >= 11 is 0. The van der Waals surface area contributed by atoms with Gasteiger partial charge in [-0.05, 0) is 25.7 Å². The van der Waals surface area contributed by atoms with E-state index in [0.29, 0.717) is 5.54 Å². The fourth-order valence-electron chi connectivity index (χ4n) is 1.99. The molecule has 2 rings (SSSR count). The number of nitrogens with one attached hydrogen (secondary N) is 1. The van der Waals surface area contributed by atoms with E-state index in [9.17, 15) is 0 Å². The summed E-state index contributed by atoms with van der Waals surface area (Å²) in [5.74, 6) is 1.02. The zero-order valence-electron chi connectivity index (χ0n) is 8.95. The molecule has 1 fully saturated rings. The highest BCUT2D eigenvalue weighted by atomic mass is 15.3. The van der Waals surface area contributed by atoms with Crippen LogP contribution < -0.4 is 5.32 Å². The van der Waals surface area contributed by atoms with Crippen molar-refractivity contribution in [1.82, 2.24) is 20.1 Å². The van der Waals surface area contributed by atoms with E-state index in [2.05, 4.69) is 22.4 Å². The molecule has 0 spiro atoms. The first-order valence-electron chi connectivity index (χ1n) is 5.34. The fourth-order valence-corrected chi connectivity index (χ4v) is 1.99. The van der Waals surface area contributed by atoms with Gasteiger partial charge in [0.15, 0.2) is 0 Å². The second-order valence-corrected chi connectivity index (χ2v) is 4.20. The predicted molar refractivity (Wildman–Crippen MR) is 54.7 cm³/mol. The van der Waals surface area contributed by atoms with Gasteiger partial charge in [-0.3, -0.25) is 0 Å². The molecule has 0 unspecified atom stereocenters. The molecule has 1 N–H and O–H groups in total. The van der Waals surface area contributed by atoms with Crippen molar-refractivity contribution < 1.29 is 0 Å². The molecule has 1 heterocycles. The van der Waals surface area contributed by atoms with Crippen molar-refractivity contribution in [3.63, 3.8) is 0 Å². The van der Waals surface area contributed by atoms with Crippen LogP contribution in [0.15, 0.2) is 6.33 Å². The van der Waals surface area contributed by atoms with E-state index >= 15 is 0 Å². The average Bonchev–Trinajstić information content (AvgIpc) is 2.51. The Labute approximate surface area is 84.7 Å². The van der Waals surface area contributed by atoms with Gasteiger partial charge in [0.1, 0.15) is 12.2 Å². The molecule has 0 radical (unpaired) electrons. The molecule has 0 atom stereocenters. The largest absolute Gasteiger partial charge is 0.320 e. The topological polar surface area (TPSA) is 42.7 Å². The molecule has 0 aliphatic heterocycles. The Bertz CT molecular complexity index is 295. The van der Waals surface area contributed by atoms with Crippen molar-refractivity contribution in [2.75, 3.05) is 0 Å². The zero-order chi connectivity index (χ0) is 10.0. The van der Waals surface area contributed by atoms with E-state index < -0.39 is 0 Å². The molecule has 1 aliphatic carbocycles. The minimum Gasteiger partial charge on any atom is -0.320 e. The SMILES string of the molecule is CCC1(NCc2nncn2C)CCC1. The normalized spacial score (nSPS) is 19.3. The van der Waals surface area contributed by atoms with Crippen LogP contribution in [0.3, 0.4) is 0 Å². The first kappa shape index (κ1) is 9.65. The standard InChI is InChI=1S/C10H18N4/c1-3-10(5-4-6-10)11-7-9-13-12-8-14(9)2/h8,11H,3-7H2,1-2H3. The molecule has 0 bridgehead atoms. The monoisotopic (exact) mass is 194 g/mol. The molecule has 1 aromatic rings. The Morgan fingerprint density at radius 1 is 1.57 bits per heavy atom. The highest BCUT2D eigenvalue weighted by Crippen LogP contribution is 2.34. The third-order valence-electron chi connectivity index (χ3n) is 3.41. The van der Waals surface area contributed by atoms with E-state index in [0.717, 1.165) is 12.4 Å². The van der Waals surface area contributed by atoms with Crippen LogP contribution in [0.5, 0.6) is 0 Å². The van der Waals surface area contributed by atoms with Crippen LogP contribution in [0, 0.1) is 0 Å². The van der Waals surface area contributed by atoms with Gasteiger partial charge >= 0.3 is 0 Å². The first-order valence-corrected chi connectivity index (χ1v) is 5.34. The summed E-state index contributed by atoms with van der Waals surface area (Å²) < 4.78 is 1.97. The lowest BCUT2D eigenvalue weighted by Crippen LogP contribution is -2.50. The summed E-state index contributed by atoms with van der Waals surface area (Å²) in [7, 11) is 1.98. The fraction of sp³-hybridized carbons (Fsp3) is 0.800. The van der Waals surface area contributed by atoms with E-state index in [1.54, 1.807) is 6.33 Å². The molecule has 0 amide bonds. The molecule has 4 nitrogen and oxygen atoms in total. The highest BCUT2D eigenvalue weighted by molar-refractivity contribution is 4.96. The Balaban J connectivity index is 1.90. The molecular formula is C10H18N4. The second kappa shape index (κ2) is 3.69. The third kappa shape index (κ3) is 1.66. The number of aromatic nitrogens is 3. The molecule has 1 aliphatic rings. The van der Waals surface area contributed by atoms with E-state index in [1.165, 1.54) is 25.7 Å². The highest BCUT2D eigenvalue weighted by Gasteiger charge is 2.34. The minimum absolute atomic E-state index is 0.395. The zero-order valence-corrected chi connectivity index (χ0v) is 8.95. The average molecular weight is 194 g/mol. The lowest BCUT2D eigenvalue weighted by molar-refractivity contribution is 0.173. The van der Waals surface area contributed by atoms with Crippen molar-refractivity contribution in [1.29, 1.82) is 0 Å². The summed E-state index contributed by atoms with van der Waals surface area (Å²) in [4.78, 5) is 0. The van der Waals surface area contributed by atoms with Gasteiger partial charge in [-0.1, -0.05) is 6.92 Å². The quantitative estimate of drug-likeness (QED) is 0.784.